The van der Waals surface area contributed by atoms with Crippen LogP contribution in [0.5, 0.6) is 0 Å². The van der Waals surface area contributed by atoms with Crippen LogP contribution in [-0.2, 0) is 5.41 Å². The lowest BCUT2D eigenvalue weighted by Gasteiger charge is -2.42. The Labute approximate surface area is 254 Å². The van der Waals surface area contributed by atoms with Gasteiger partial charge in [-0.3, -0.25) is 0 Å². The van der Waals surface area contributed by atoms with Crippen molar-refractivity contribution in [1.29, 1.82) is 0 Å². The third-order valence-corrected chi connectivity index (χ3v) is 10.2. The van der Waals surface area contributed by atoms with Crippen LogP contribution in [0.15, 0.2) is 97.1 Å². The summed E-state index contributed by atoms with van der Waals surface area (Å²) in [7, 11) is 0. The van der Waals surface area contributed by atoms with Gasteiger partial charge in [-0.05, 0) is 89.2 Å². The monoisotopic (exact) mass is 558 g/mol. The Morgan fingerprint density at radius 2 is 0.952 bits per heavy atom. The van der Waals surface area contributed by atoms with Crippen LogP contribution in [0, 0.1) is 5.92 Å². The average molecular weight is 559 g/mol. The molecule has 4 aromatic carbocycles. The number of benzene rings is 4. The highest BCUT2D eigenvalue weighted by Gasteiger charge is 2.38. The molecule has 0 spiro atoms. The lowest BCUT2D eigenvalue weighted by molar-refractivity contribution is 0.250. The fourth-order valence-corrected chi connectivity index (χ4v) is 7.20. The minimum atomic E-state index is 0.0752. The fourth-order valence-electron chi connectivity index (χ4n) is 7.20. The van der Waals surface area contributed by atoms with E-state index in [1.807, 2.05) is 24.3 Å². The molecule has 2 heteroatoms. The molecule has 42 heavy (non-hydrogen) atoms. The van der Waals surface area contributed by atoms with Crippen LogP contribution in [0.25, 0.3) is 0 Å². The summed E-state index contributed by atoms with van der Waals surface area (Å²) in [5.41, 5.74) is 21.9. The summed E-state index contributed by atoms with van der Waals surface area (Å²) in [6, 6.07) is 35.8. The van der Waals surface area contributed by atoms with Gasteiger partial charge >= 0.3 is 0 Å². The third kappa shape index (κ3) is 6.75. The first-order chi connectivity index (χ1) is 20.4. The number of nitrogen functional groups attached to an aromatic ring is 2. The Morgan fingerprint density at radius 1 is 0.571 bits per heavy atom. The predicted octanol–water partition coefficient (Wildman–Crippen LogP) is 10.6. The van der Waals surface area contributed by atoms with Crippen LogP contribution in [0.3, 0.4) is 0 Å². The summed E-state index contributed by atoms with van der Waals surface area (Å²) in [6.45, 7) is 6.89. The second-order valence-electron chi connectivity index (χ2n) is 12.9. The highest BCUT2D eigenvalue weighted by Crippen LogP contribution is 2.48. The van der Waals surface area contributed by atoms with Crippen molar-refractivity contribution in [2.45, 2.75) is 95.8 Å². The zero-order valence-corrected chi connectivity index (χ0v) is 26.0. The van der Waals surface area contributed by atoms with E-state index in [2.05, 4.69) is 93.6 Å². The van der Waals surface area contributed by atoms with Gasteiger partial charge in [-0.2, -0.15) is 0 Å². The van der Waals surface area contributed by atoms with Crippen LogP contribution in [0.4, 0.5) is 11.4 Å². The second kappa shape index (κ2) is 13.6. The van der Waals surface area contributed by atoms with Crippen molar-refractivity contribution in [3.8, 4) is 0 Å². The number of hydrogen-bond acceptors (Lipinski definition) is 2. The van der Waals surface area contributed by atoms with Crippen LogP contribution in [-0.4, -0.2) is 0 Å². The summed E-state index contributed by atoms with van der Waals surface area (Å²) in [4.78, 5) is 0. The van der Waals surface area contributed by atoms with Gasteiger partial charge in [0, 0.05) is 28.6 Å². The van der Waals surface area contributed by atoms with E-state index in [-0.39, 0.29) is 5.41 Å². The molecule has 4 aromatic rings. The zero-order chi connectivity index (χ0) is 29.5. The van der Waals surface area contributed by atoms with Crippen molar-refractivity contribution >= 4 is 11.4 Å². The topological polar surface area (TPSA) is 52.0 Å². The summed E-state index contributed by atoms with van der Waals surface area (Å²) < 4.78 is 0. The molecule has 0 radical (unpaired) electrons. The summed E-state index contributed by atoms with van der Waals surface area (Å²) in [6.07, 6.45) is 12.0. The van der Waals surface area contributed by atoms with Crippen LogP contribution in [0.2, 0.25) is 0 Å². The van der Waals surface area contributed by atoms with Crippen molar-refractivity contribution in [1.82, 2.24) is 0 Å². The van der Waals surface area contributed by atoms with Gasteiger partial charge in [0.2, 0.25) is 0 Å². The van der Waals surface area contributed by atoms with E-state index < -0.39 is 0 Å². The maximum absolute atomic E-state index is 5.94. The quantitative estimate of drug-likeness (QED) is 0.142. The summed E-state index contributed by atoms with van der Waals surface area (Å²) >= 11 is 0. The Bertz CT molecular complexity index is 1280. The normalized spacial score (nSPS) is 20.2. The van der Waals surface area contributed by atoms with E-state index in [4.69, 9.17) is 11.5 Å². The van der Waals surface area contributed by atoms with Gasteiger partial charge in [0.25, 0.3) is 0 Å². The van der Waals surface area contributed by atoms with Gasteiger partial charge < -0.3 is 11.5 Å². The predicted molar refractivity (Wildman–Crippen MR) is 181 cm³/mol. The number of unbranched alkanes of at least 4 members (excludes halogenated alkanes) is 3. The SMILES string of the molecule is CCCCCCC1CCC(c2ccc(C(C)c3ccc(N)cc3)cc2)(c2ccc(C(C)c3ccc(N)cc3)cc2)CC1. The van der Waals surface area contributed by atoms with Crippen molar-refractivity contribution in [3.05, 3.63) is 130 Å². The zero-order valence-electron chi connectivity index (χ0n) is 26.0. The first-order valence-electron chi connectivity index (χ1n) is 16.3. The number of hydrogen-bond donors (Lipinski definition) is 2. The molecule has 5 rings (SSSR count). The van der Waals surface area contributed by atoms with Gasteiger partial charge in [-0.1, -0.05) is 126 Å². The molecule has 0 amide bonds. The maximum atomic E-state index is 5.94. The van der Waals surface area contributed by atoms with Gasteiger partial charge in [0.15, 0.2) is 0 Å². The molecule has 0 saturated heterocycles. The maximum Gasteiger partial charge on any atom is 0.0314 e. The van der Waals surface area contributed by atoms with E-state index in [1.54, 1.807) is 0 Å². The first-order valence-corrected chi connectivity index (χ1v) is 16.3. The Morgan fingerprint density at radius 3 is 1.33 bits per heavy atom. The van der Waals surface area contributed by atoms with Gasteiger partial charge in [-0.15, -0.1) is 0 Å². The van der Waals surface area contributed by atoms with Gasteiger partial charge in [-0.25, -0.2) is 0 Å². The Kier molecular flexibility index (Phi) is 9.73. The smallest absolute Gasteiger partial charge is 0.0314 e. The van der Waals surface area contributed by atoms with Crippen LogP contribution >= 0.6 is 0 Å². The fraction of sp³-hybridized carbons (Fsp3) is 0.400. The Hall–Kier alpha value is -3.52. The van der Waals surface area contributed by atoms with Crippen molar-refractivity contribution < 1.29 is 0 Å². The van der Waals surface area contributed by atoms with Crippen molar-refractivity contribution in [3.63, 3.8) is 0 Å². The van der Waals surface area contributed by atoms with Crippen LogP contribution < -0.4 is 11.5 Å². The standard InChI is InChI=1S/C40H50N2/c1-4-5-6-7-8-31-25-27-40(28-26-31,36-17-9-32(10-18-36)29(2)34-13-21-38(41)22-14-34)37-19-11-33(12-20-37)30(3)35-15-23-39(42)24-16-35/h9-24,29-31H,4-8,25-28,41-42H2,1-3H3. The molecule has 0 bridgehead atoms. The summed E-state index contributed by atoms with van der Waals surface area (Å²) in [5, 5.41) is 0. The largest absolute Gasteiger partial charge is 0.399 e. The van der Waals surface area contributed by atoms with Gasteiger partial charge in [0.05, 0.1) is 0 Å². The molecule has 0 aromatic heterocycles. The van der Waals surface area contributed by atoms with E-state index in [1.165, 1.54) is 91.2 Å². The molecule has 0 aliphatic heterocycles. The molecule has 1 fully saturated rings. The highest BCUT2D eigenvalue weighted by molar-refractivity contribution is 5.47. The minimum absolute atomic E-state index is 0.0752. The van der Waals surface area contributed by atoms with E-state index in [0.717, 1.165) is 17.3 Å². The number of anilines is 2. The molecule has 2 nitrogen and oxygen atoms in total. The average Bonchev–Trinajstić information content (AvgIpc) is 3.04. The molecule has 0 heterocycles. The summed E-state index contributed by atoms with van der Waals surface area (Å²) in [5.74, 6) is 1.54. The van der Waals surface area contributed by atoms with E-state index in [9.17, 15) is 0 Å². The molecule has 2 atom stereocenters. The molecule has 4 N–H and O–H groups in total. The molecular formula is C40H50N2. The minimum Gasteiger partial charge on any atom is -0.399 e. The molecule has 1 aliphatic carbocycles. The van der Waals surface area contributed by atoms with Crippen molar-refractivity contribution in [2.24, 2.45) is 5.92 Å². The van der Waals surface area contributed by atoms with Gasteiger partial charge in [0.1, 0.15) is 0 Å². The second-order valence-corrected chi connectivity index (χ2v) is 12.9. The van der Waals surface area contributed by atoms with Crippen LogP contribution in [0.1, 0.15) is 124 Å². The lowest BCUT2D eigenvalue weighted by atomic mass is 9.62. The van der Waals surface area contributed by atoms with E-state index >= 15 is 0 Å². The first kappa shape index (κ1) is 30.0. The molecule has 2 unspecified atom stereocenters. The number of rotatable bonds is 11. The molecule has 1 saturated carbocycles. The Balaban J connectivity index is 1.40. The highest BCUT2D eigenvalue weighted by atomic mass is 14.5. The molecule has 220 valence electrons. The van der Waals surface area contributed by atoms with Crippen molar-refractivity contribution in [2.75, 3.05) is 11.5 Å². The molecular weight excluding hydrogens is 508 g/mol. The lowest BCUT2D eigenvalue weighted by Crippen LogP contribution is -2.33. The third-order valence-electron chi connectivity index (χ3n) is 10.2. The van der Waals surface area contributed by atoms with E-state index in [0.29, 0.717) is 11.8 Å². The number of nitrogens with two attached hydrogens (primary N) is 2. The molecule has 1 aliphatic rings.